The number of hydrogen-bond donors (Lipinski definition) is 0. The molecule has 4 aromatic rings. The highest BCUT2D eigenvalue weighted by molar-refractivity contribution is 6.21. The number of ether oxygens (including phenoxy) is 1. The van der Waals surface area contributed by atoms with Crippen LogP contribution in [0, 0.1) is 12.3 Å². The zero-order valence-electron chi connectivity index (χ0n) is 18.0. The molecular weight excluding hydrogens is 398 g/mol. The molecule has 0 aliphatic carbocycles. The van der Waals surface area contributed by atoms with Crippen LogP contribution in [0.5, 0.6) is 0 Å². The highest BCUT2D eigenvalue weighted by Crippen LogP contribution is 2.55. The molecule has 2 aliphatic heterocycles. The maximum absolute atomic E-state index is 13.6. The molecule has 2 aliphatic rings. The van der Waals surface area contributed by atoms with E-state index in [1.807, 2.05) is 59.6 Å². The summed E-state index contributed by atoms with van der Waals surface area (Å²) in [5.74, 6) is -0.254. The normalized spacial score (nSPS) is 21.4. The van der Waals surface area contributed by atoms with Gasteiger partial charge in [-0.2, -0.15) is 5.10 Å². The Morgan fingerprint density at radius 3 is 2.34 bits per heavy atom. The number of esters is 1. The van der Waals surface area contributed by atoms with Gasteiger partial charge in [0.1, 0.15) is 11.8 Å². The minimum absolute atomic E-state index is 0.254. The Bertz CT molecular complexity index is 1370. The summed E-state index contributed by atoms with van der Waals surface area (Å²) >= 11 is 0. The first kappa shape index (κ1) is 18.9. The molecule has 0 saturated heterocycles. The van der Waals surface area contributed by atoms with Gasteiger partial charge in [0.05, 0.1) is 18.5 Å². The second-order valence-electron chi connectivity index (χ2n) is 8.48. The molecule has 3 heterocycles. The summed E-state index contributed by atoms with van der Waals surface area (Å²) in [4.78, 5) is 13.6. The second-order valence-corrected chi connectivity index (χ2v) is 8.48. The number of rotatable bonds is 3. The second kappa shape index (κ2) is 6.82. The lowest BCUT2D eigenvalue weighted by molar-refractivity contribution is -0.149. The quantitative estimate of drug-likeness (QED) is 0.433. The standard InChI is InChI=1S/C27H23N3O2/c1-18-21-15-9-10-16-22(21)29-17-27(26(31)32-2)24(23(18)29)28-30(20-13-7-4-8-14-20)25(27)19-11-5-3-6-12-19/h3-16,25H,17H2,1-2H3/t25-,27+/m1/s1. The van der Waals surface area contributed by atoms with E-state index in [1.54, 1.807) is 0 Å². The number of anilines is 1. The summed E-state index contributed by atoms with van der Waals surface area (Å²) in [5, 5.41) is 8.34. The van der Waals surface area contributed by atoms with Gasteiger partial charge in [0.15, 0.2) is 5.41 Å². The van der Waals surface area contributed by atoms with Crippen LogP contribution in [0.4, 0.5) is 5.69 Å². The fraction of sp³-hybridized carbons (Fsp3) is 0.185. The molecule has 0 saturated carbocycles. The molecule has 0 radical (unpaired) electrons. The summed E-state index contributed by atoms with van der Waals surface area (Å²) in [6, 6.07) is 28.3. The lowest BCUT2D eigenvalue weighted by atomic mass is 9.74. The Morgan fingerprint density at radius 2 is 1.62 bits per heavy atom. The molecule has 0 bridgehead atoms. The van der Waals surface area contributed by atoms with Crippen LogP contribution < -0.4 is 5.01 Å². The number of aromatic nitrogens is 1. The van der Waals surface area contributed by atoms with Crippen molar-refractivity contribution in [1.82, 2.24) is 4.57 Å². The van der Waals surface area contributed by atoms with Crippen molar-refractivity contribution in [3.63, 3.8) is 0 Å². The predicted molar refractivity (Wildman–Crippen MR) is 126 cm³/mol. The molecular formula is C27H23N3O2. The van der Waals surface area contributed by atoms with Crippen molar-refractivity contribution in [3.05, 3.63) is 102 Å². The van der Waals surface area contributed by atoms with Crippen LogP contribution in [0.3, 0.4) is 0 Å². The van der Waals surface area contributed by atoms with Crippen molar-refractivity contribution < 1.29 is 9.53 Å². The Balaban J connectivity index is 1.66. The molecule has 0 amide bonds. The molecule has 158 valence electrons. The number of methoxy groups -OCH3 is 1. The van der Waals surface area contributed by atoms with Crippen molar-refractivity contribution in [3.8, 4) is 0 Å². The van der Waals surface area contributed by atoms with Gasteiger partial charge in [-0.05, 0) is 36.2 Å². The van der Waals surface area contributed by atoms with Crippen molar-refractivity contribution in [2.45, 2.75) is 19.5 Å². The number of hydrazone groups is 1. The fourth-order valence-corrected chi connectivity index (χ4v) is 5.51. The first-order valence-electron chi connectivity index (χ1n) is 10.8. The van der Waals surface area contributed by atoms with E-state index >= 15 is 0 Å². The number of benzene rings is 3. The number of nitrogens with zero attached hydrogens (tertiary/aromatic N) is 3. The molecule has 0 fully saturated rings. The monoisotopic (exact) mass is 421 g/mol. The van der Waals surface area contributed by atoms with Crippen molar-refractivity contribution in [1.29, 1.82) is 0 Å². The van der Waals surface area contributed by atoms with E-state index in [9.17, 15) is 4.79 Å². The van der Waals surface area contributed by atoms with Gasteiger partial charge in [0, 0.05) is 17.4 Å². The third kappa shape index (κ3) is 2.33. The third-order valence-electron chi connectivity index (χ3n) is 6.88. The highest BCUT2D eigenvalue weighted by atomic mass is 16.5. The molecule has 1 aromatic heterocycles. The van der Waals surface area contributed by atoms with Crippen LogP contribution in [0.15, 0.2) is 90.0 Å². The molecule has 32 heavy (non-hydrogen) atoms. The van der Waals surface area contributed by atoms with Gasteiger partial charge in [-0.3, -0.25) is 9.80 Å². The molecule has 2 atom stereocenters. The summed E-state index contributed by atoms with van der Waals surface area (Å²) in [6.45, 7) is 2.61. The van der Waals surface area contributed by atoms with Crippen LogP contribution in [0.25, 0.3) is 10.9 Å². The average Bonchev–Trinajstić information content (AvgIpc) is 3.45. The molecule has 0 N–H and O–H groups in total. The SMILES string of the molecule is COC(=O)[C@@]12Cn3c(c(C)c4ccccc43)C1=NN(c1ccccc1)[C@@H]2c1ccccc1. The first-order valence-corrected chi connectivity index (χ1v) is 10.8. The molecule has 0 unspecified atom stereocenters. The zero-order chi connectivity index (χ0) is 21.9. The largest absolute Gasteiger partial charge is 0.468 e. The summed E-state index contributed by atoms with van der Waals surface area (Å²) in [7, 11) is 1.47. The number of carbonyl (C=O) groups is 1. The van der Waals surface area contributed by atoms with Crippen LogP contribution >= 0.6 is 0 Å². The van der Waals surface area contributed by atoms with Crippen LogP contribution in [-0.4, -0.2) is 23.4 Å². The maximum Gasteiger partial charge on any atom is 0.322 e. The summed E-state index contributed by atoms with van der Waals surface area (Å²) < 4.78 is 7.72. The number of para-hydroxylation sites is 2. The minimum atomic E-state index is -0.934. The van der Waals surface area contributed by atoms with Gasteiger partial charge in [-0.1, -0.05) is 66.7 Å². The molecule has 5 nitrogen and oxygen atoms in total. The van der Waals surface area contributed by atoms with Crippen LogP contribution in [-0.2, 0) is 16.1 Å². The van der Waals surface area contributed by atoms with E-state index in [1.165, 1.54) is 12.5 Å². The smallest absolute Gasteiger partial charge is 0.322 e. The number of carbonyl (C=O) groups excluding carboxylic acids is 1. The van der Waals surface area contributed by atoms with E-state index in [0.29, 0.717) is 6.54 Å². The van der Waals surface area contributed by atoms with Gasteiger partial charge < -0.3 is 9.30 Å². The van der Waals surface area contributed by atoms with E-state index in [2.05, 4.69) is 41.8 Å². The fourth-order valence-electron chi connectivity index (χ4n) is 5.51. The van der Waals surface area contributed by atoms with Crippen molar-refractivity contribution in [2.24, 2.45) is 10.5 Å². The maximum atomic E-state index is 13.6. The predicted octanol–water partition coefficient (Wildman–Crippen LogP) is 5.09. The van der Waals surface area contributed by atoms with E-state index < -0.39 is 5.41 Å². The number of hydrogen-bond acceptors (Lipinski definition) is 4. The van der Waals surface area contributed by atoms with E-state index in [4.69, 9.17) is 9.84 Å². The number of aryl methyl sites for hydroxylation is 1. The molecule has 5 heteroatoms. The summed E-state index contributed by atoms with van der Waals surface area (Å²) in [6.07, 6.45) is 0. The van der Waals surface area contributed by atoms with Gasteiger partial charge in [0.2, 0.25) is 0 Å². The Labute approximate surface area is 186 Å². The van der Waals surface area contributed by atoms with Gasteiger partial charge >= 0.3 is 5.97 Å². The Morgan fingerprint density at radius 1 is 0.969 bits per heavy atom. The molecule has 6 rings (SSSR count). The van der Waals surface area contributed by atoms with Crippen LogP contribution in [0.1, 0.15) is 22.9 Å². The Hall–Kier alpha value is -3.86. The summed E-state index contributed by atoms with van der Waals surface area (Å²) in [5.41, 5.74) is 5.13. The zero-order valence-corrected chi connectivity index (χ0v) is 18.0. The lowest BCUT2D eigenvalue weighted by Gasteiger charge is -2.34. The lowest BCUT2D eigenvalue weighted by Crippen LogP contribution is -2.44. The molecule has 3 aromatic carbocycles. The highest BCUT2D eigenvalue weighted by Gasteiger charge is 2.63. The van der Waals surface area contributed by atoms with Gasteiger partial charge in [-0.25, -0.2) is 0 Å². The van der Waals surface area contributed by atoms with Crippen molar-refractivity contribution in [2.75, 3.05) is 12.1 Å². The minimum Gasteiger partial charge on any atom is -0.468 e. The van der Waals surface area contributed by atoms with E-state index in [0.717, 1.165) is 33.7 Å². The van der Waals surface area contributed by atoms with Crippen LogP contribution in [0.2, 0.25) is 0 Å². The average molecular weight is 422 g/mol. The first-order chi connectivity index (χ1) is 15.7. The van der Waals surface area contributed by atoms with E-state index in [-0.39, 0.29) is 12.0 Å². The Kier molecular flexibility index (Phi) is 4.02. The third-order valence-corrected chi connectivity index (χ3v) is 6.88. The topological polar surface area (TPSA) is 46.8 Å². The van der Waals surface area contributed by atoms with Gasteiger partial charge in [-0.15, -0.1) is 0 Å². The number of fused-ring (bicyclic) bond motifs is 5. The van der Waals surface area contributed by atoms with Gasteiger partial charge in [0.25, 0.3) is 0 Å². The molecule has 0 spiro atoms. The van der Waals surface area contributed by atoms with Crippen molar-refractivity contribution >= 4 is 28.3 Å².